The predicted octanol–water partition coefficient (Wildman–Crippen LogP) is 2.85. The molecule has 0 aliphatic heterocycles. The van der Waals surface area contributed by atoms with Crippen LogP contribution in [-0.2, 0) is 0 Å². The van der Waals surface area contributed by atoms with E-state index in [1.54, 1.807) is 25.1 Å². The van der Waals surface area contributed by atoms with Crippen molar-refractivity contribution < 1.29 is 4.39 Å². The summed E-state index contributed by atoms with van der Waals surface area (Å²) in [6.07, 6.45) is 0. The summed E-state index contributed by atoms with van der Waals surface area (Å²) in [5, 5.41) is -0.0599. The number of hydrogen-bond acceptors (Lipinski definition) is 4. The van der Waals surface area contributed by atoms with Gasteiger partial charge in [0.2, 0.25) is 0 Å². The number of hydrogen-bond donors (Lipinski definition) is 2. The minimum absolute atomic E-state index is 0. The number of fused-ring (bicyclic) bond motifs is 1. The van der Waals surface area contributed by atoms with Crippen molar-refractivity contribution in [2.24, 2.45) is 5.73 Å². The van der Waals surface area contributed by atoms with Gasteiger partial charge in [-0.15, -0.1) is 12.4 Å². The highest BCUT2D eigenvalue weighted by molar-refractivity contribution is 5.85. The van der Waals surface area contributed by atoms with Gasteiger partial charge in [0.05, 0.1) is 17.2 Å². The largest absolute Gasteiger partial charge is 0.322 e. The zero-order valence-electron chi connectivity index (χ0n) is 12.4. The van der Waals surface area contributed by atoms with Crippen molar-refractivity contribution in [2.75, 3.05) is 5.43 Å². The van der Waals surface area contributed by atoms with Gasteiger partial charge in [-0.05, 0) is 31.2 Å². The molecule has 0 amide bonds. The Kier molecular flexibility index (Phi) is 4.98. The van der Waals surface area contributed by atoms with E-state index < -0.39 is 17.4 Å². The van der Waals surface area contributed by atoms with Crippen molar-refractivity contribution in [1.82, 2.24) is 9.66 Å². The Morgan fingerprint density at radius 2 is 1.87 bits per heavy atom. The van der Waals surface area contributed by atoms with Gasteiger partial charge in [0, 0.05) is 0 Å². The van der Waals surface area contributed by atoms with Crippen LogP contribution >= 0.6 is 12.4 Å². The Hall–Kier alpha value is -2.44. The third kappa shape index (κ3) is 3.18. The monoisotopic (exact) mass is 334 g/mol. The summed E-state index contributed by atoms with van der Waals surface area (Å²) in [5.74, 6) is -0.262. The van der Waals surface area contributed by atoms with Crippen LogP contribution in [0.25, 0.3) is 10.9 Å². The molecule has 0 saturated carbocycles. The number of nitrogens with zero attached hydrogens (tertiary/aromatic N) is 2. The average molecular weight is 335 g/mol. The van der Waals surface area contributed by atoms with Gasteiger partial charge < -0.3 is 5.73 Å². The molecule has 1 atom stereocenters. The maximum absolute atomic E-state index is 14.0. The summed E-state index contributed by atoms with van der Waals surface area (Å²) in [4.78, 5) is 17.0. The zero-order chi connectivity index (χ0) is 15.7. The van der Waals surface area contributed by atoms with E-state index in [0.717, 1.165) is 0 Å². The fourth-order valence-corrected chi connectivity index (χ4v) is 2.26. The van der Waals surface area contributed by atoms with E-state index in [4.69, 9.17) is 5.73 Å². The van der Waals surface area contributed by atoms with E-state index in [-0.39, 0.29) is 17.8 Å². The van der Waals surface area contributed by atoms with Gasteiger partial charge in [0.1, 0.15) is 17.0 Å². The maximum Gasteiger partial charge on any atom is 0.283 e. The summed E-state index contributed by atoms with van der Waals surface area (Å²) in [5.41, 5.74) is 9.31. The van der Waals surface area contributed by atoms with Gasteiger partial charge in [-0.25, -0.2) is 14.1 Å². The molecule has 3 N–H and O–H groups in total. The Labute approximate surface area is 138 Å². The first-order chi connectivity index (χ1) is 10.6. The molecule has 0 bridgehead atoms. The highest BCUT2D eigenvalue weighted by atomic mass is 35.5. The van der Waals surface area contributed by atoms with Gasteiger partial charge in [-0.2, -0.15) is 0 Å². The first-order valence-electron chi connectivity index (χ1n) is 6.87. The van der Waals surface area contributed by atoms with Crippen molar-refractivity contribution in [3.63, 3.8) is 0 Å². The van der Waals surface area contributed by atoms with Crippen LogP contribution in [0, 0.1) is 5.82 Å². The van der Waals surface area contributed by atoms with E-state index >= 15 is 0 Å². The molecule has 0 radical (unpaired) electrons. The lowest BCUT2D eigenvalue weighted by atomic mass is 10.2. The molecule has 0 aliphatic rings. The summed E-state index contributed by atoms with van der Waals surface area (Å²) in [6, 6.07) is 13.0. The summed E-state index contributed by atoms with van der Waals surface area (Å²) in [6.45, 7) is 1.72. The number of halogens is 2. The topological polar surface area (TPSA) is 72.9 Å². The molecule has 0 aliphatic carbocycles. The summed E-state index contributed by atoms with van der Waals surface area (Å²) in [7, 11) is 0. The molecule has 0 fully saturated rings. The number of aromatic nitrogens is 2. The van der Waals surface area contributed by atoms with Crippen molar-refractivity contribution >= 4 is 29.0 Å². The summed E-state index contributed by atoms with van der Waals surface area (Å²) >= 11 is 0. The van der Waals surface area contributed by atoms with E-state index in [9.17, 15) is 9.18 Å². The summed E-state index contributed by atoms with van der Waals surface area (Å²) < 4.78 is 15.2. The molecule has 0 spiro atoms. The Morgan fingerprint density at radius 1 is 1.17 bits per heavy atom. The van der Waals surface area contributed by atoms with Crippen LogP contribution in [0.5, 0.6) is 0 Å². The first kappa shape index (κ1) is 16.9. The highest BCUT2D eigenvalue weighted by Crippen LogP contribution is 2.16. The number of nitrogens with one attached hydrogen (secondary N) is 1. The predicted molar refractivity (Wildman–Crippen MR) is 91.3 cm³/mol. The average Bonchev–Trinajstić information content (AvgIpc) is 2.50. The van der Waals surface area contributed by atoms with Crippen molar-refractivity contribution in [3.8, 4) is 0 Å². The first-order valence-corrected chi connectivity index (χ1v) is 6.87. The molecule has 2 aromatic carbocycles. The van der Waals surface area contributed by atoms with Gasteiger partial charge in [-0.3, -0.25) is 10.2 Å². The fourth-order valence-electron chi connectivity index (χ4n) is 2.26. The van der Waals surface area contributed by atoms with Crippen LogP contribution < -0.4 is 16.7 Å². The number of para-hydroxylation sites is 1. The molecule has 0 saturated heterocycles. The third-order valence-electron chi connectivity index (χ3n) is 3.29. The number of benzene rings is 2. The van der Waals surface area contributed by atoms with Gasteiger partial charge in [0.15, 0.2) is 0 Å². The van der Waals surface area contributed by atoms with Crippen LogP contribution in [0.15, 0.2) is 53.3 Å². The van der Waals surface area contributed by atoms with E-state index in [2.05, 4.69) is 10.4 Å². The number of anilines is 1. The van der Waals surface area contributed by atoms with Crippen LogP contribution in [0.3, 0.4) is 0 Å². The molecule has 120 valence electrons. The quantitative estimate of drug-likeness (QED) is 0.772. The molecule has 5 nitrogen and oxygen atoms in total. The minimum Gasteiger partial charge on any atom is -0.322 e. The molecule has 7 heteroatoms. The highest BCUT2D eigenvalue weighted by Gasteiger charge is 2.16. The van der Waals surface area contributed by atoms with Gasteiger partial charge in [0.25, 0.3) is 5.56 Å². The molecule has 1 heterocycles. The van der Waals surface area contributed by atoms with Crippen molar-refractivity contribution in [1.29, 1.82) is 0 Å². The van der Waals surface area contributed by atoms with E-state index in [1.807, 2.05) is 18.2 Å². The smallest absolute Gasteiger partial charge is 0.283 e. The van der Waals surface area contributed by atoms with Crippen LogP contribution in [0.4, 0.5) is 10.1 Å². The molecular formula is C16H16ClFN4O. The third-order valence-corrected chi connectivity index (χ3v) is 3.29. The maximum atomic E-state index is 14.0. The van der Waals surface area contributed by atoms with E-state index in [0.29, 0.717) is 17.0 Å². The van der Waals surface area contributed by atoms with Gasteiger partial charge >= 0.3 is 0 Å². The van der Waals surface area contributed by atoms with Crippen LogP contribution in [-0.4, -0.2) is 9.66 Å². The number of nitrogens with two attached hydrogens (primary N) is 1. The fraction of sp³-hybridized carbons (Fsp3) is 0.125. The SMILES string of the molecule is C[C@H](N)c1nc2cccc(F)c2c(=O)n1Nc1ccccc1.Cl. The Balaban J connectivity index is 0.00000192. The second-order valence-electron chi connectivity index (χ2n) is 5.01. The van der Waals surface area contributed by atoms with Gasteiger partial charge in [-0.1, -0.05) is 24.3 Å². The molecule has 3 aromatic rings. The lowest BCUT2D eigenvalue weighted by molar-refractivity contribution is 0.630. The molecule has 0 unspecified atom stereocenters. The zero-order valence-corrected chi connectivity index (χ0v) is 13.2. The molecule has 1 aromatic heterocycles. The lowest BCUT2D eigenvalue weighted by Gasteiger charge is -2.17. The molecule has 23 heavy (non-hydrogen) atoms. The van der Waals surface area contributed by atoms with Crippen LogP contribution in [0.1, 0.15) is 18.8 Å². The van der Waals surface area contributed by atoms with E-state index in [1.165, 1.54) is 16.8 Å². The minimum atomic E-state index is -0.602. The second kappa shape index (κ2) is 6.76. The van der Waals surface area contributed by atoms with Crippen molar-refractivity contribution in [2.45, 2.75) is 13.0 Å². The molecular weight excluding hydrogens is 319 g/mol. The second-order valence-corrected chi connectivity index (χ2v) is 5.01. The number of rotatable bonds is 3. The lowest BCUT2D eigenvalue weighted by Crippen LogP contribution is -2.33. The standard InChI is InChI=1S/C16H15FN4O.ClH/c1-10(18)15-19-13-9-5-8-12(17)14(13)16(22)21(15)20-11-6-3-2-4-7-11;/h2-10,20H,18H2,1H3;1H/t10-;/m0./s1. The Bertz CT molecular complexity index is 880. The Morgan fingerprint density at radius 3 is 2.52 bits per heavy atom. The van der Waals surface area contributed by atoms with Crippen molar-refractivity contribution in [3.05, 3.63) is 70.5 Å². The molecule has 3 rings (SSSR count). The van der Waals surface area contributed by atoms with Crippen LogP contribution in [0.2, 0.25) is 0 Å². The normalized spacial score (nSPS) is 11.8.